The lowest BCUT2D eigenvalue weighted by Crippen LogP contribution is -2.36. The molecule has 1 aromatic carbocycles. The van der Waals surface area contributed by atoms with Crippen molar-refractivity contribution in [3.63, 3.8) is 0 Å². The molecule has 30 heavy (non-hydrogen) atoms. The number of hydrogen-bond donors (Lipinski definition) is 2. The number of hydrogen-bond acceptors (Lipinski definition) is 4. The number of rotatable bonds is 7. The Morgan fingerprint density at radius 1 is 1.10 bits per heavy atom. The van der Waals surface area contributed by atoms with Crippen molar-refractivity contribution in [1.29, 1.82) is 0 Å². The minimum Gasteiger partial charge on any atom is -0.481 e. The van der Waals surface area contributed by atoms with Crippen molar-refractivity contribution in [2.45, 2.75) is 59.8 Å². The third-order valence-corrected chi connectivity index (χ3v) is 6.88. The summed E-state index contributed by atoms with van der Waals surface area (Å²) in [5.74, 6) is -2.44. The molecule has 2 atom stereocenters. The molecule has 1 heterocycles. The summed E-state index contributed by atoms with van der Waals surface area (Å²) in [6.07, 6.45) is 4.33. The molecule has 0 fully saturated rings. The van der Waals surface area contributed by atoms with Crippen molar-refractivity contribution in [2.75, 3.05) is 5.32 Å². The van der Waals surface area contributed by atoms with Crippen molar-refractivity contribution < 1.29 is 14.7 Å². The number of thiazole rings is 1. The maximum absolute atomic E-state index is 12.9. The maximum atomic E-state index is 12.9. The minimum atomic E-state index is -0.916. The van der Waals surface area contributed by atoms with E-state index >= 15 is 0 Å². The van der Waals surface area contributed by atoms with Crippen molar-refractivity contribution in [3.8, 4) is 11.3 Å². The van der Waals surface area contributed by atoms with E-state index in [2.05, 4.69) is 41.5 Å². The molecule has 0 spiro atoms. The molecule has 1 aliphatic rings. The molecule has 0 saturated carbocycles. The van der Waals surface area contributed by atoms with Crippen LogP contribution in [0.4, 0.5) is 5.13 Å². The van der Waals surface area contributed by atoms with Crippen LogP contribution in [0, 0.1) is 18.8 Å². The zero-order valence-electron chi connectivity index (χ0n) is 18.1. The van der Waals surface area contributed by atoms with Gasteiger partial charge in [0.15, 0.2) is 5.13 Å². The van der Waals surface area contributed by atoms with Gasteiger partial charge in [0.2, 0.25) is 5.91 Å². The van der Waals surface area contributed by atoms with Gasteiger partial charge in [-0.05, 0) is 52.0 Å². The van der Waals surface area contributed by atoms with Crippen LogP contribution in [-0.4, -0.2) is 22.0 Å². The van der Waals surface area contributed by atoms with Gasteiger partial charge >= 0.3 is 5.97 Å². The minimum absolute atomic E-state index is 0.260. The fourth-order valence-electron chi connectivity index (χ4n) is 3.95. The Morgan fingerprint density at radius 2 is 1.73 bits per heavy atom. The van der Waals surface area contributed by atoms with Gasteiger partial charge in [-0.15, -0.1) is 11.3 Å². The number of nitrogens with one attached hydrogen (secondary N) is 1. The normalized spacial score (nSPS) is 19.1. The molecule has 2 aromatic rings. The molecule has 3 rings (SSSR count). The van der Waals surface area contributed by atoms with Crippen molar-refractivity contribution >= 4 is 28.3 Å². The number of nitrogens with zero attached hydrogens (tertiary/aromatic N) is 1. The number of carbonyl (C=O) groups is 2. The maximum Gasteiger partial charge on any atom is 0.307 e. The summed E-state index contributed by atoms with van der Waals surface area (Å²) in [4.78, 5) is 30.3. The molecule has 6 heteroatoms. The Bertz CT molecular complexity index is 959. The van der Waals surface area contributed by atoms with E-state index in [-0.39, 0.29) is 5.91 Å². The number of amides is 1. The van der Waals surface area contributed by atoms with Crippen molar-refractivity contribution in [3.05, 3.63) is 45.9 Å². The number of aliphatic carboxylic acids is 1. The molecule has 0 saturated heterocycles. The fraction of sp³-hybridized carbons (Fsp3) is 0.458. The van der Waals surface area contributed by atoms with E-state index in [1.54, 1.807) is 0 Å². The van der Waals surface area contributed by atoms with Crippen LogP contribution in [0.15, 0.2) is 35.4 Å². The van der Waals surface area contributed by atoms with Gasteiger partial charge in [0.25, 0.3) is 0 Å². The lowest BCUT2D eigenvalue weighted by molar-refractivity contribution is -0.146. The Balaban J connectivity index is 1.75. The highest BCUT2D eigenvalue weighted by atomic mass is 32.1. The van der Waals surface area contributed by atoms with E-state index in [0.717, 1.165) is 33.7 Å². The summed E-state index contributed by atoms with van der Waals surface area (Å²) in [5.41, 5.74) is 5.38. The average Bonchev–Trinajstić information content (AvgIpc) is 3.08. The van der Waals surface area contributed by atoms with Gasteiger partial charge in [0.05, 0.1) is 17.5 Å². The van der Waals surface area contributed by atoms with E-state index in [1.165, 1.54) is 29.7 Å². The smallest absolute Gasteiger partial charge is 0.307 e. The number of carboxylic acids is 1. The molecule has 0 aliphatic heterocycles. The Hall–Kier alpha value is -2.47. The van der Waals surface area contributed by atoms with Crippen LogP contribution >= 0.6 is 11.3 Å². The van der Waals surface area contributed by atoms with Gasteiger partial charge in [-0.2, -0.15) is 0 Å². The van der Waals surface area contributed by atoms with Crippen LogP contribution < -0.4 is 5.32 Å². The number of allylic oxidation sites excluding steroid dienone is 2. The monoisotopic (exact) mass is 426 g/mol. The van der Waals surface area contributed by atoms with Crippen LogP contribution in [0.5, 0.6) is 0 Å². The predicted molar refractivity (Wildman–Crippen MR) is 122 cm³/mol. The summed E-state index contributed by atoms with van der Waals surface area (Å²) >= 11 is 1.43. The van der Waals surface area contributed by atoms with Gasteiger partial charge in [-0.1, -0.05) is 48.8 Å². The summed E-state index contributed by atoms with van der Waals surface area (Å²) in [5, 5.41) is 13.0. The van der Waals surface area contributed by atoms with Gasteiger partial charge in [-0.25, -0.2) is 4.98 Å². The Labute approximate surface area is 182 Å². The lowest BCUT2D eigenvalue weighted by Gasteiger charge is -2.29. The highest BCUT2D eigenvalue weighted by molar-refractivity contribution is 7.16. The summed E-state index contributed by atoms with van der Waals surface area (Å²) in [6, 6.07) is 8.44. The summed E-state index contributed by atoms with van der Waals surface area (Å²) in [6.45, 7) is 8.10. The number of carbonyl (C=O) groups excluding carboxylic acids is 1. The number of aryl methyl sites for hydroxylation is 2. The number of anilines is 1. The first-order valence-corrected chi connectivity index (χ1v) is 11.4. The van der Waals surface area contributed by atoms with Crippen LogP contribution in [-0.2, 0) is 16.0 Å². The predicted octanol–water partition coefficient (Wildman–Crippen LogP) is 5.85. The first-order valence-electron chi connectivity index (χ1n) is 10.6. The molecule has 1 amide bonds. The summed E-state index contributed by atoms with van der Waals surface area (Å²) in [7, 11) is 0. The van der Waals surface area contributed by atoms with E-state index in [4.69, 9.17) is 0 Å². The molecule has 1 aromatic heterocycles. The molecule has 1 aliphatic carbocycles. The summed E-state index contributed by atoms with van der Waals surface area (Å²) < 4.78 is 0. The number of benzene rings is 1. The second kappa shape index (κ2) is 9.56. The first kappa shape index (κ1) is 22.2. The molecule has 160 valence electrons. The van der Waals surface area contributed by atoms with Crippen molar-refractivity contribution in [1.82, 2.24) is 4.98 Å². The van der Waals surface area contributed by atoms with Gasteiger partial charge in [-0.3, -0.25) is 9.59 Å². The number of aromatic nitrogens is 1. The molecular weight excluding hydrogens is 396 g/mol. The lowest BCUT2D eigenvalue weighted by atomic mass is 9.76. The highest BCUT2D eigenvalue weighted by Crippen LogP contribution is 2.36. The topological polar surface area (TPSA) is 79.3 Å². The fourth-order valence-corrected chi connectivity index (χ4v) is 4.79. The third kappa shape index (κ3) is 4.98. The zero-order valence-corrected chi connectivity index (χ0v) is 18.9. The average molecular weight is 427 g/mol. The molecule has 5 nitrogen and oxygen atoms in total. The van der Waals surface area contributed by atoms with Gasteiger partial charge in [0, 0.05) is 10.4 Å². The van der Waals surface area contributed by atoms with Crippen molar-refractivity contribution in [2.24, 2.45) is 11.8 Å². The highest BCUT2D eigenvalue weighted by Gasteiger charge is 2.37. The molecule has 0 unspecified atom stereocenters. The molecule has 0 radical (unpaired) electrons. The van der Waals surface area contributed by atoms with E-state index in [1.807, 2.05) is 20.8 Å². The van der Waals surface area contributed by atoms with Gasteiger partial charge in [0.1, 0.15) is 0 Å². The number of carboxylic acid groups (broad SMARTS) is 1. The third-order valence-electron chi connectivity index (χ3n) is 5.99. The van der Waals surface area contributed by atoms with E-state index in [0.29, 0.717) is 18.0 Å². The van der Waals surface area contributed by atoms with Crippen LogP contribution in [0.25, 0.3) is 11.3 Å². The SMILES string of the molecule is CCCCc1ccc(-c2nc(NC(=O)[C@@H]3CC(C)=C(C)C[C@@H]3C(=O)O)sc2C)cc1. The number of unbranched alkanes of at least 4 members (excludes halogenated alkanes) is 1. The van der Waals surface area contributed by atoms with Crippen LogP contribution in [0.3, 0.4) is 0 Å². The van der Waals surface area contributed by atoms with E-state index in [9.17, 15) is 14.7 Å². The zero-order chi connectivity index (χ0) is 21.8. The van der Waals surface area contributed by atoms with Crippen LogP contribution in [0.2, 0.25) is 0 Å². The molecule has 2 N–H and O–H groups in total. The second-order valence-electron chi connectivity index (χ2n) is 8.23. The van der Waals surface area contributed by atoms with Crippen LogP contribution in [0.1, 0.15) is 56.9 Å². The van der Waals surface area contributed by atoms with Gasteiger partial charge < -0.3 is 10.4 Å². The largest absolute Gasteiger partial charge is 0.481 e. The van der Waals surface area contributed by atoms with E-state index < -0.39 is 17.8 Å². The quantitative estimate of drug-likeness (QED) is 0.545. The molecule has 0 bridgehead atoms. The second-order valence-corrected chi connectivity index (χ2v) is 9.44. The Morgan fingerprint density at radius 3 is 2.33 bits per heavy atom. The Kier molecular flexibility index (Phi) is 7.08. The molecular formula is C24H30N2O3S. The first-order chi connectivity index (χ1) is 14.3. The standard InChI is InChI=1S/C24H30N2O3S/c1-5-6-7-17-8-10-18(11-9-17)21-16(4)30-24(25-21)26-22(27)19-12-14(2)15(3)13-20(19)23(28)29/h8-11,19-20H,5-7,12-13H2,1-4H3,(H,28,29)(H,25,26,27)/t19-,20+/m1/s1.